The number of hydrogen-bond acceptors (Lipinski definition) is 3. The van der Waals surface area contributed by atoms with Crippen molar-refractivity contribution in [3.63, 3.8) is 0 Å². The van der Waals surface area contributed by atoms with Crippen molar-refractivity contribution in [3.05, 3.63) is 38.3 Å². The van der Waals surface area contributed by atoms with Crippen LogP contribution in [0.25, 0.3) is 0 Å². The standard InChI is InChI=1S/C12H16BrN3S/c1-4-14-12(10-6-17-7-11(10)13)9-5-15-16(3)8(9)2/h5-7,12,14H,4H2,1-3H3. The Morgan fingerprint density at radius 1 is 1.47 bits per heavy atom. The fourth-order valence-electron chi connectivity index (χ4n) is 1.89. The predicted molar refractivity (Wildman–Crippen MR) is 75.5 cm³/mol. The monoisotopic (exact) mass is 313 g/mol. The molecule has 1 unspecified atom stereocenters. The van der Waals surface area contributed by atoms with Crippen molar-refractivity contribution in [2.45, 2.75) is 19.9 Å². The molecule has 0 aliphatic rings. The van der Waals surface area contributed by atoms with Crippen LogP contribution in [0.4, 0.5) is 0 Å². The van der Waals surface area contributed by atoms with E-state index in [1.165, 1.54) is 16.8 Å². The van der Waals surface area contributed by atoms with Crippen LogP contribution in [0.15, 0.2) is 21.4 Å². The molecule has 0 aliphatic heterocycles. The normalized spacial score (nSPS) is 12.9. The van der Waals surface area contributed by atoms with E-state index < -0.39 is 0 Å². The van der Waals surface area contributed by atoms with Crippen LogP contribution in [0.5, 0.6) is 0 Å². The highest BCUT2D eigenvalue weighted by atomic mass is 79.9. The van der Waals surface area contributed by atoms with Gasteiger partial charge in [0.05, 0.1) is 12.2 Å². The smallest absolute Gasteiger partial charge is 0.0630 e. The van der Waals surface area contributed by atoms with E-state index in [1.807, 2.05) is 17.9 Å². The van der Waals surface area contributed by atoms with Crippen molar-refractivity contribution in [3.8, 4) is 0 Å². The molecule has 0 aromatic carbocycles. The zero-order valence-corrected chi connectivity index (χ0v) is 12.6. The first-order valence-electron chi connectivity index (χ1n) is 5.58. The van der Waals surface area contributed by atoms with Gasteiger partial charge < -0.3 is 5.32 Å². The number of halogens is 1. The molecule has 0 amide bonds. The average Bonchev–Trinajstić information content (AvgIpc) is 2.85. The number of nitrogens with zero attached hydrogens (tertiary/aromatic N) is 2. The van der Waals surface area contributed by atoms with Gasteiger partial charge in [0.1, 0.15) is 0 Å². The summed E-state index contributed by atoms with van der Waals surface area (Å²) >= 11 is 5.32. The molecule has 2 aromatic rings. The Kier molecular flexibility index (Phi) is 4.01. The van der Waals surface area contributed by atoms with E-state index in [2.05, 4.69) is 51.0 Å². The first-order chi connectivity index (χ1) is 8.15. The Bertz CT molecular complexity index is 504. The van der Waals surface area contributed by atoms with Gasteiger partial charge in [-0.3, -0.25) is 4.68 Å². The Balaban J connectivity index is 2.43. The highest BCUT2D eigenvalue weighted by Crippen LogP contribution is 2.32. The van der Waals surface area contributed by atoms with Crippen LogP contribution in [0, 0.1) is 6.92 Å². The lowest BCUT2D eigenvalue weighted by molar-refractivity contribution is 0.624. The van der Waals surface area contributed by atoms with E-state index in [0.29, 0.717) is 0 Å². The van der Waals surface area contributed by atoms with Crippen molar-refractivity contribution in [1.29, 1.82) is 0 Å². The number of thiophene rings is 1. The van der Waals surface area contributed by atoms with Crippen molar-refractivity contribution >= 4 is 27.3 Å². The van der Waals surface area contributed by atoms with Gasteiger partial charge in [0.25, 0.3) is 0 Å². The van der Waals surface area contributed by atoms with Crippen LogP contribution in [0.1, 0.15) is 29.8 Å². The average molecular weight is 314 g/mol. The van der Waals surface area contributed by atoms with Gasteiger partial charge in [-0.25, -0.2) is 0 Å². The molecule has 3 nitrogen and oxygen atoms in total. The van der Waals surface area contributed by atoms with Crippen molar-refractivity contribution < 1.29 is 0 Å². The van der Waals surface area contributed by atoms with Crippen molar-refractivity contribution in [1.82, 2.24) is 15.1 Å². The summed E-state index contributed by atoms with van der Waals surface area (Å²) in [6, 6.07) is 0.217. The highest BCUT2D eigenvalue weighted by molar-refractivity contribution is 9.10. The summed E-state index contributed by atoms with van der Waals surface area (Å²) in [4.78, 5) is 0. The van der Waals surface area contributed by atoms with Gasteiger partial charge in [-0.2, -0.15) is 16.4 Å². The number of nitrogens with one attached hydrogen (secondary N) is 1. The van der Waals surface area contributed by atoms with E-state index in [0.717, 1.165) is 11.0 Å². The van der Waals surface area contributed by atoms with Crippen LogP contribution in [-0.4, -0.2) is 16.3 Å². The minimum Gasteiger partial charge on any atom is -0.306 e. The topological polar surface area (TPSA) is 29.9 Å². The molecular formula is C12H16BrN3S. The van der Waals surface area contributed by atoms with Gasteiger partial charge in [-0.1, -0.05) is 6.92 Å². The maximum absolute atomic E-state index is 4.32. The van der Waals surface area contributed by atoms with E-state index in [4.69, 9.17) is 0 Å². The van der Waals surface area contributed by atoms with E-state index >= 15 is 0 Å². The molecule has 1 N–H and O–H groups in total. The summed E-state index contributed by atoms with van der Waals surface area (Å²) in [7, 11) is 1.98. The molecule has 2 aromatic heterocycles. The van der Waals surface area contributed by atoms with E-state index in [9.17, 15) is 0 Å². The molecular weight excluding hydrogens is 298 g/mol. The Hall–Kier alpha value is -0.650. The molecule has 92 valence electrons. The quantitative estimate of drug-likeness (QED) is 0.939. The van der Waals surface area contributed by atoms with Crippen molar-refractivity contribution in [2.24, 2.45) is 7.05 Å². The van der Waals surface area contributed by atoms with Gasteiger partial charge in [0.15, 0.2) is 0 Å². The molecule has 2 heterocycles. The van der Waals surface area contributed by atoms with Gasteiger partial charge >= 0.3 is 0 Å². The molecule has 0 bridgehead atoms. The molecule has 0 spiro atoms. The summed E-state index contributed by atoms with van der Waals surface area (Å²) in [5, 5.41) is 12.1. The lowest BCUT2D eigenvalue weighted by Gasteiger charge is -2.17. The SMILES string of the molecule is CCNC(c1cscc1Br)c1cnn(C)c1C. The molecule has 0 saturated heterocycles. The zero-order chi connectivity index (χ0) is 12.4. The van der Waals surface area contributed by atoms with Gasteiger partial charge in [0, 0.05) is 28.2 Å². The Morgan fingerprint density at radius 2 is 2.24 bits per heavy atom. The number of rotatable bonds is 4. The van der Waals surface area contributed by atoms with Crippen LogP contribution in [-0.2, 0) is 7.05 Å². The third kappa shape index (κ3) is 2.46. The predicted octanol–water partition coefficient (Wildman–Crippen LogP) is 3.25. The highest BCUT2D eigenvalue weighted by Gasteiger charge is 2.20. The van der Waals surface area contributed by atoms with Gasteiger partial charge in [0.2, 0.25) is 0 Å². The number of hydrogen-bond donors (Lipinski definition) is 1. The number of aryl methyl sites for hydroxylation is 1. The first-order valence-corrected chi connectivity index (χ1v) is 7.32. The fourth-order valence-corrected chi connectivity index (χ4v) is 3.44. The number of aromatic nitrogens is 2. The summed E-state index contributed by atoms with van der Waals surface area (Å²) in [5.74, 6) is 0. The van der Waals surface area contributed by atoms with Gasteiger partial charge in [-0.05, 0) is 40.3 Å². The third-order valence-corrected chi connectivity index (χ3v) is 4.70. The second-order valence-electron chi connectivity index (χ2n) is 3.97. The molecule has 1 atom stereocenters. The van der Waals surface area contributed by atoms with Crippen LogP contribution < -0.4 is 5.32 Å². The fraction of sp³-hybridized carbons (Fsp3) is 0.417. The largest absolute Gasteiger partial charge is 0.306 e. The van der Waals surface area contributed by atoms with Gasteiger partial charge in [-0.15, -0.1) is 0 Å². The molecule has 5 heteroatoms. The molecule has 0 aliphatic carbocycles. The maximum atomic E-state index is 4.32. The summed E-state index contributed by atoms with van der Waals surface area (Å²) in [6.45, 7) is 5.16. The summed E-state index contributed by atoms with van der Waals surface area (Å²) in [5.41, 5.74) is 3.73. The Labute approximate surface area is 114 Å². The lowest BCUT2D eigenvalue weighted by atomic mass is 10.0. The molecule has 0 fully saturated rings. The summed E-state index contributed by atoms with van der Waals surface area (Å²) < 4.78 is 3.08. The molecule has 0 saturated carbocycles. The van der Waals surface area contributed by atoms with Crippen LogP contribution in [0.3, 0.4) is 0 Å². The maximum Gasteiger partial charge on any atom is 0.0630 e. The summed E-state index contributed by atoms with van der Waals surface area (Å²) in [6.07, 6.45) is 1.95. The minimum absolute atomic E-state index is 0.217. The zero-order valence-electron chi connectivity index (χ0n) is 10.2. The van der Waals surface area contributed by atoms with E-state index in [1.54, 1.807) is 11.3 Å². The second kappa shape index (κ2) is 5.33. The van der Waals surface area contributed by atoms with Crippen molar-refractivity contribution in [2.75, 3.05) is 6.54 Å². The molecule has 0 radical (unpaired) electrons. The Morgan fingerprint density at radius 3 is 2.71 bits per heavy atom. The third-order valence-electron chi connectivity index (χ3n) is 2.95. The minimum atomic E-state index is 0.217. The molecule has 2 rings (SSSR count). The second-order valence-corrected chi connectivity index (χ2v) is 5.57. The van der Waals surface area contributed by atoms with E-state index in [-0.39, 0.29) is 6.04 Å². The first kappa shape index (κ1) is 12.8. The van der Waals surface area contributed by atoms with Crippen LogP contribution >= 0.6 is 27.3 Å². The lowest BCUT2D eigenvalue weighted by Crippen LogP contribution is -2.22. The molecule has 17 heavy (non-hydrogen) atoms. The van der Waals surface area contributed by atoms with Crippen LogP contribution in [0.2, 0.25) is 0 Å².